The molecule has 1 aliphatic rings. The third-order valence-corrected chi connectivity index (χ3v) is 2.39. The van der Waals surface area contributed by atoms with Gasteiger partial charge >= 0.3 is 0 Å². The molecule has 0 unspecified atom stereocenters. The van der Waals surface area contributed by atoms with E-state index in [1.165, 1.54) is 6.08 Å². The van der Waals surface area contributed by atoms with E-state index < -0.39 is 0 Å². The van der Waals surface area contributed by atoms with Crippen LogP contribution >= 0.6 is 0 Å². The molecule has 0 saturated heterocycles. The van der Waals surface area contributed by atoms with E-state index in [0.29, 0.717) is 19.8 Å². The minimum atomic E-state index is -0.0950. The average Bonchev–Trinajstić information content (AvgIpc) is 2.36. The minimum Gasteiger partial charge on any atom is -0.486 e. The van der Waals surface area contributed by atoms with Crippen molar-refractivity contribution in [3.63, 3.8) is 0 Å². The Morgan fingerprint density at radius 2 is 2.12 bits per heavy atom. The summed E-state index contributed by atoms with van der Waals surface area (Å²) in [5.41, 5.74) is 0.993. The molecule has 4 heteroatoms. The molecular weight excluding hydrogens is 218 g/mol. The fraction of sp³-hybridized carbons (Fsp3) is 0.308. The Balaban J connectivity index is 2.00. The van der Waals surface area contributed by atoms with Crippen LogP contribution in [0.15, 0.2) is 30.4 Å². The molecule has 1 heterocycles. The van der Waals surface area contributed by atoms with E-state index in [4.69, 9.17) is 9.47 Å². The Morgan fingerprint density at radius 1 is 1.35 bits per heavy atom. The minimum absolute atomic E-state index is 0.0950. The Hall–Kier alpha value is -1.97. The number of benzene rings is 1. The van der Waals surface area contributed by atoms with Gasteiger partial charge in [-0.3, -0.25) is 4.79 Å². The molecule has 0 saturated carbocycles. The molecule has 0 fully saturated rings. The number of hydrogen-bond donors (Lipinski definition) is 1. The zero-order chi connectivity index (χ0) is 12.1. The maximum Gasteiger partial charge on any atom is 0.243 e. The summed E-state index contributed by atoms with van der Waals surface area (Å²) < 4.78 is 10.9. The maximum atomic E-state index is 11.3. The van der Waals surface area contributed by atoms with E-state index in [1.54, 1.807) is 6.08 Å². The van der Waals surface area contributed by atoms with Crippen LogP contribution < -0.4 is 14.8 Å². The number of carbonyl (C=O) groups is 1. The van der Waals surface area contributed by atoms with E-state index in [0.717, 1.165) is 17.1 Å². The smallest absolute Gasteiger partial charge is 0.243 e. The van der Waals surface area contributed by atoms with Gasteiger partial charge in [-0.05, 0) is 30.7 Å². The van der Waals surface area contributed by atoms with Crippen LogP contribution in [0.25, 0.3) is 0 Å². The second-order valence-corrected chi connectivity index (χ2v) is 3.70. The SMILES string of the molecule is CC=CC(=O)NCc1ccc2c(c1)OCCO2. The van der Waals surface area contributed by atoms with Crippen LogP contribution in [0.1, 0.15) is 12.5 Å². The average molecular weight is 233 g/mol. The molecule has 0 aromatic heterocycles. The quantitative estimate of drug-likeness (QED) is 0.807. The van der Waals surface area contributed by atoms with Crippen molar-refractivity contribution < 1.29 is 14.3 Å². The van der Waals surface area contributed by atoms with Gasteiger partial charge in [-0.2, -0.15) is 0 Å². The molecule has 1 N–H and O–H groups in total. The van der Waals surface area contributed by atoms with Crippen molar-refractivity contribution in [2.24, 2.45) is 0 Å². The number of amides is 1. The van der Waals surface area contributed by atoms with Gasteiger partial charge in [0.2, 0.25) is 5.91 Å². The molecule has 1 aliphatic heterocycles. The highest BCUT2D eigenvalue weighted by atomic mass is 16.6. The van der Waals surface area contributed by atoms with Gasteiger partial charge in [0.1, 0.15) is 13.2 Å². The number of ether oxygens (including phenoxy) is 2. The van der Waals surface area contributed by atoms with Gasteiger partial charge < -0.3 is 14.8 Å². The number of hydrogen-bond acceptors (Lipinski definition) is 3. The zero-order valence-corrected chi connectivity index (χ0v) is 9.73. The van der Waals surface area contributed by atoms with Crippen LogP contribution in [0.4, 0.5) is 0 Å². The van der Waals surface area contributed by atoms with E-state index in [2.05, 4.69) is 5.32 Å². The Kier molecular flexibility index (Phi) is 3.65. The summed E-state index contributed by atoms with van der Waals surface area (Å²) in [6, 6.07) is 5.68. The van der Waals surface area contributed by atoms with Crippen LogP contribution in [0.3, 0.4) is 0 Å². The molecule has 1 aromatic carbocycles. The predicted molar refractivity (Wildman–Crippen MR) is 64.1 cm³/mol. The second kappa shape index (κ2) is 5.39. The number of nitrogens with one attached hydrogen (secondary N) is 1. The monoisotopic (exact) mass is 233 g/mol. The normalized spacial score (nSPS) is 13.7. The topological polar surface area (TPSA) is 47.6 Å². The van der Waals surface area contributed by atoms with Crippen molar-refractivity contribution in [1.82, 2.24) is 5.32 Å². The second-order valence-electron chi connectivity index (χ2n) is 3.70. The van der Waals surface area contributed by atoms with E-state index in [1.807, 2.05) is 25.1 Å². The highest BCUT2D eigenvalue weighted by Gasteiger charge is 2.11. The standard InChI is InChI=1S/C13H15NO3/c1-2-3-13(15)14-9-10-4-5-11-12(8-10)17-7-6-16-11/h2-5,8H,6-7,9H2,1H3,(H,14,15). The summed E-state index contributed by atoms with van der Waals surface area (Å²) in [7, 11) is 0. The van der Waals surface area contributed by atoms with Gasteiger partial charge in [0.15, 0.2) is 11.5 Å². The van der Waals surface area contributed by atoms with Gasteiger partial charge in [-0.25, -0.2) is 0 Å². The lowest BCUT2D eigenvalue weighted by molar-refractivity contribution is -0.116. The number of rotatable bonds is 3. The zero-order valence-electron chi connectivity index (χ0n) is 9.73. The maximum absolute atomic E-state index is 11.3. The van der Waals surface area contributed by atoms with Crippen molar-refractivity contribution >= 4 is 5.91 Å². The molecule has 1 aromatic rings. The molecule has 2 rings (SSSR count). The van der Waals surface area contributed by atoms with Crippen molar-refractivity contribution in [2.45, 2.75) is 13.5 Å². The summed E-state index contributed by atoms with van der Waals surface area (Å²) in [6.07, 6.45) is 3.21. The Bertz CT molecular complexity index is 440. The van der Waals surface area contributed by atoms with Crippen molar-refractivity contribution in [2.75, 3.05) is 13.2 Å². The Morgan fingerprint density at radius 3 is 2.88 bits per heavy atom. The van der Waals surface area contributed by atoms with Crippen LogP contribution in [0, 0.1) is 0 Å². The number of carbonyl (C=O) groups excluding carboxylic acids is 1. The molecule has 17 heavy (non-hydrogen) atoms. The lowest BCUT2D eigenvalue weighted by Gasteiger charge is -2.18. The van der Waals surface area contributed by atoms with E-state index in [-0.39, 0.29) is 5.91 Å². The van der Waals surface area contributed by atoms with Crippen LogP contribution in [0.2, 0.25) is 0 Å². The first-order valence-electron chi connectivity index (χ1n) is 5.58. The lowest BCUT2D eigenvalue weighted by Crippen LogP contribution is -2.20. The van der Waals surface area contributed by atoms with Crippen LogP contribution in [0.5, 0.6) is 11.5 Å². The molecular formula is C13H15NO3. The largest absolute Gasteiger partial charge is 0.486 e. The third kappa shape index (κ3) is 3.00. The fourth-order valence-electron chi connectivity index (χ4n) is 1.60. The van der Waals surface area contributed by atoms with Crippen molar-refractivity contribution in [3.8, 4) is 11.5 Å². The van der Waals surface area contributed by atoms with E-state index >= 15 is 0 Å². The summed E-state index contributed by atoms with van der Waals surface area (Å²) in [4.78, 5) is 11.3. The Labute approximate surface area is 100 Å². The molecule has 0 radical (unpaired) electrons. The summed E-state index contributed by atoms with van der Waals surface area (Å²) in [5, 5.41) is 2.78. The van der Waals surface area contributed by atoms with E-state index in [9.17, 15) is 4.79 Å². The van der Waals surface area contributed by atoms with Gasteiger partial charge in [0.05, 0.1) is 0 Å². The first-order chi connectivity index (χ1) is 8.29. The van der Waals surface area contributed by atoms with Gasteiger partial charge in [0.25, 0.3) is 0 Å². The third-order valence-electron chi connectivity index (χ3n) is 2.39. The molecule has 1 amide bonds. The molecule has 0 spiro atoms. The van der Waals surface area contributed by atoms with Crippen molar-refractivity contribution in [3.05, 3.63) is 35.9 Å². The summed E-state index contributed by atoms with van der Waals surface area (Å²) in [6.45, 7) is 3.45. The van der Waals surface area contributed by atoms with Crippen LogP contribution in [-0.2, 0) is 11.3 Å². The van der Waals surface area contributed by atoms with Crippen molar-refractivity contribution in [1.29, 1.82) is 0 Å². The fourth-order valence-corrected chi connectivity index (χ4v) is 1.60. The molecule has 0 atom stereocenters. The van der Waals surface area contributed by atoms with Gasteiger partial charge in [0, 0.05) is 6.54 Å². The lowest BCUT2D eigenvalue weighted by atomic mass is 10.2. The number of allylic oxidation sites excluding steroid dienone is 1. The summed E-state index contributed by atoms with van der Waals surface area (Å²) in [5.74, 6) is 1.41. The molecule has 90 valence electrons. The summed E-state index contributed by atoms with van der Waals surface area (Å²) >= 11 is 0. The highest BCUT2D eigenvalue weighted by Crippen LogP contribution is 2.30. The van der Waals surface area contributed by atoms with Crippen LogP contribution in [-0.4, -0.2) is 19.1 Å². The van der Waals surface area contributed by atoms with Gasteiger partial charge in [-0.1, -0.05) is 12.1 Å². The van der Waals surface area contributed by atoms with Gasteiger partial charge in [-0.15, -0.1) is 0 Å². The molecule has 0 aliphatic carbocycles. The highest BCUT2D eigenvalue weighted by molar-refractivity contribution is 5.87. The first kappa shape index (κ1) is 11.5. The molecule has 0 bridgehead atoms. The number of fused-ring (bicyclic) bond motifs is 1. The molecule has 4 nitrogen and oxygen atoms in total. The predicted octanol–water partition coefficient (Wildman–Crippen LogP) is 1.65. The first-order valence-corrected chi connectivity index (χ1v) is 5.58.